The number of hydrogen-bond donors (Lipinski definition) is 1. The monoisotopic (exact) mass is 281 g/mol. The number of fused-ring (bicyclic) bond motifs is 1. The average molecular weight is 281 g/mol. The number of imidazole rings is 1. The van der Waals surface area contributed by atoms with Gasteiger partial charge in [-0.3, -0.25) is 9.20 Å². The summed E-state index contributed by atoms with van der Waals surface area (Å²) in [7, 11) is 0. The maximum Gasteiger partial charge on any atom is 0.251 e. The Bertz CT molecular complexity index is 531. The van der Waals surface area contributed by atoms with Gasteiger partial charge >= 0.3 is 0 Å². The molecular formula is C12H15N3O3S. The number of amides is 1. The number of ether oxygens (including phenoxy) is 2. The van der Waals surface area contributed by atoms with Gasteiger partial charge < -0.3 is 14.8 Å². The second-order valence-electron chi connectivity index (χ2n) is 4.30. The molecule has 1 aliphatic heterocycles. The minimum Gasteiger partial charge on any atom is -0.376 e. The molecule has 3 heterocycles. The van der Waals surface area contributed by atoms with E-state index in [-0.39, 0.29) is 5.91 Å². The molecule has 0 unspecified atom stereocenters. The van der Waals surface area contributed by atoms with Crippen LogP contribution in [0.4, 0.5) is 0 Å². The lowest BCUT2D eigenvalue weighted by atomic mass is 10.3. The zero-order valence-corrected chi connectivity index (χ0v) is 11.2. The molecule has 1 saturated heterocycles. The summed E-state index contributed by atoms with van der Waals surface area (Å²) in [6, 6.07) is 0. The average Bonchev–Trinajstić information content (AvgIpc) is 3.00. The molecule has 19 heavy (non-hydrogen) atoms. The second kappa shape index (κ2) is 5.68. The van der Waals surface area contributed by atoms with Crippen LogP contribution in [0.2, 0.25) is 0 Å². The molecule has 1 aliphatic rings. The van der Waals surface area contributed by atoms with Crippen molar-refractivity contribution in [1.82, 2.24) is 14.7 Å². The first-order chi connectivity index (χ1) is 9.33. The van der Waals surface area contributed by atoms with E-state index in [1.807, 2.05) is 22.2 Å². The van der Waals surface area contributed by atoms with Crippen molar-refractivity contribution in [3.8, 4) is 0 Å². The maximum absolute atomic E-state index is 11.8. The maximum atomic E-state index is 11.8. The van der Waals surface area contributed by atoms with Crippen LogP contribution in [-0.4, -0.2) is 47.8 Å². The Kier molecular flexibility index (Phi) is 3.77. The van der Waals surface area contributed by atoms with E-state index in [0.717, 1.165) is 10.7 Å². The van der Waals surface area contributed by atoms with E-state index in [9.17, 15) is 4.79 Å². The number of thiazole rings is 1. The highest BCUT2D eigenvalue weighted by molar-refractivity contribution is 7.15. The lowest BCUT2D eigenvalue weighted by molar-refractivity contribution is -0.147. The third-order valence-electron chi connectivity index (χ3n) is 2.93. The summed E-state index contributed by atoms with van der Waals surface area (Å²) in [4.78, 5) is 17.2. The van der Waals surface area contributed by atoms with Crippen molar-refractivity contribution in [3.05, 3.63) is 23.5 Å². The van der Waals surface area contributed by atoms with Gasteiger partial charge in [-0.2, -0.15) is 0 Å². The first-order valence-electron chi connectivity index (χ1n) is 6.21. The molecule has 1 amide bonds. The molecule has 0 aliphatic carbocycles. The first kappa shape index (κ1) is 12.6. The van der Waals surface area contributed by atoms with Gasteiger partial charge in [-0.05, 0) is 0 Å². The molecule has 0 spiro atoms. The van der Waals surface area contributed by atoms with Crippen LogP contribution in [0.3, 0.4) is 0 Å². The van der Waals surface area contributed by atoms with E-state index in [0.29, 0.717) is 32.8 Å². The van der Waals surface area contributed by atoms with Gasteiger partial charge in [0.1, 0.15) is 0 Å². The molecule has 1 fully saturated rings. The quantitative estimate of drug-likeness (QED) is 0.885. The van der Waals surface area contributed by atoms with Crippen molar-refractivity contribution >= 4 is 22.2 Å². The Balaban J connectivity index is 1.47. The van der Waals surface area contributed by atoms with E-state index in [4.69, 9.17) is 9.47 Å². The Morgan fingerprint density at radius 1 is 1.58 bits per heavy atom. The molecule has 1 atom stereocenters. The fourth-order valence-electron chi connectivity index (χ4n) is 1.96. The summed E-state index contributed by atoms with van der Waals surface area (Å²) < 4.78 is 12.5. The standard InChI is InChI=1S/C12H15N3O3S/c16-11(10-8-17-4-5-18-10)13-2-1-9-7-15-3-6-19-12(15)14-9/h3,6-7,10H,1-2,4-5,8H2,(H,13,16)/t10-/m0/s1. The van der Waals surface area contributed by atoms with E-state index in [2.05, 4.69) is 10.3 Å². The summed E-state index contributed by atoms with van der Waals surface area (Å²) in [5, 5.41) is 4.84. The minimum atomic E-state index is -0.473. The number of aromatic nitrogens is 2. The number of hydrogen-bond acceptors (Lipinski definition) is 5. The molecule has 6 nitrogen and oxygen atoms in total. The van der Waals surface area contributed by atoms with Crippen molar-refractivity contribution in [2.24, 2.45) is 0 Å². The van der Waals surface area contributed by atoms with E-state index in [1.54, 1.807) is 11.3 Å². The van der Waals surface area contributed by atoms with Crippen LogP contribution in [0.5, 0.6) is 0 Å². The highest BCUT2D eigenvalue weighted by atomic mass is 32.1. The van der Waals surface area contributed by atoms with Crippen molar-refractivity contribution in [2.75, 3.05) is 26.4 Å². The Morgan fingerprint density at radius 3 is 3.32 bits per heavy atom. The molecule has 0 saturated carbocycles. The molecule has 2 aromatic rings. The lowest BCUT2D eigenvalue weighted by Crippen LogP contribution is -2.43. The van der Waals surface area contributed by atoms with Crippen molar-refractivity contribution in [1.29, 1.82) is 0 Å². The summed E-state index contributed by atoms with van der Waals surface area (Å²) in [5.41, 5.74) is 0.980. The van der Waals surface area contributed by atoms with Gasteiger partial charge in [-0.25, -0.2) is 4.98 Å². The zero-order valence-electron chi connectivity index (χ0n) is 10.4. The van der Waals surface area contributed by atoms with Crippen LogP contribution in [0.1, 0.15) is 5.69 Å². The van der Waals surface area contributed by atoms with Gasteiger partial charge in [0, 0.05) is 30.7 Å². The second-order valence-corrected chi connectivity index (χ2v) is 5.17. The smallest absolute Gasteiger partial charge is 0.251 e. The molecule has 3 rings (SSSR count). The fraction of sp³-hybridized carbons (Fsp3) is 0.500. The molecule has 0 bridgehead atoms. The third-order valence-corrected chi connectivity index (χ3v) is 3.70. The molecule has 102 valence electrons. The molecule has 0 aromatic carbocycles. The van der Waals surface area contributed by atoms with Gasteiger partial charge in [-0.1, -0.05) is 0 Å². The largest absolute Gasteiger partial charge is 0.376 e. The van der Waals surface area contributed by atoms with Gasteiger partial charge in [0.15, 0.2) is 11.1 Å². The molecular weight excluding hydrogens is 266 g/mol. The minimum absolute atomic E-state index is 0.110. The van der Waals surface area contributed by atoms with Gasteiger partial charge in [-0.15, -0.1) is 11.3 Å². The Hall–Kier alpha value is -1.44. The van der Waals surface area contributed by atoms with Crippen LogP contribution in [0.15, 0.2) is 17.8 Å². The van der Waals surface area contributed by atoms with Gasteiger partial charge in [0.25, 0.3) is 5.91 Å². The van der Waals surface area contributed by atoms with Crippen LogP contribution < -0.4 is 5.32 Å². The summed E-state index contributed by atoms with van der Waals surface area (Å²) in [6.45, 7) is 1.94. The lowest BCUT2D eigenvalue weighted by Gasteiger charge is -2.21. The summed E-state index contributed by atoms with van der Waals surface area (Å²) in [6.07, 6.45) is 4.20. The van der Waals surface area contributed by atoms with Crippen LogP contribution in [0.25, 0.3) is 4.96 Å². The zero-order chi connectivity index (χ0) is 13.1. The van der Waals surface area contributed by atoms with Crippen molar-refractivity contribution in [3.63, 3.8) is 0 Å². The predicted octanol–water partition coefficient (Wildman–Crippen LogP) is 0.470. The SMILES string of the molecule is O=C(NCCc1cn2ccsc2n1)[C@@H]1COCCO1. The Morgan fingerprint density at radius 2 is 2.53 bits per heavy atom. The highest BCUT2D eigenvalue weighted by Crippen LogP contribution is 2.11. The number of carbonyl (C=O) groups is 1. The van der Waals surface area contributed by atoms with E-state index < -0.39 is 6.10 Å². The number of nitrogens with zero attached hydrogens (tertiary/aromatic N) is 2. The number of nitrogens with one attached hydrogen (secondary N) is 1. The van der Waals surface area contributed by atoms with Crippen LogP contribution in [-0.2, 0) is 20.7 Å². The summed E-state index contributed by atoms with van der Waals surface area (Å²) in [5.74, 6) is -0.110. The predicted molar refractivity (Wildman–Crippen MR) is 70.3 cm³/mol. The molecule has 1 N–H and O–H groups in total. The topological polar surface area (TPSA) is 64.9 Å². The number of rotatable bonds is 4. The first-order valence-corrected chi connectivity index (χ1v) is 7.09. The highest BCUT2D eigenvalue weighted by Gasteiger charge is 2.22. The third kappa shape index (κ3) is 2.94. The van der Waals surface area contributed by atoms with Gasteiger partial charge in [0.05, 0.1) is 25.5 Å². The normalized spacial score (nSPS) is 19.7. The van der Waals surface area contributed by atoms with Crippen LogP contribution in [0, 0.1) is 0 Å². The van der Waals surface area contributed by atoms with Crippen LogP contribution >= 0.6 is 11.3 Å². The number of carbonyl (C=O) groups excluding carboxylic acids is 1. The van der Waals surface area contributed by atoms with Gasteiger partial charge in [0.2, 0.25) is 0 Å². The van der Waals surface area contributed by atoms with E-state index >= 15 is 0 Å². The molecule has 2 aromatic heterocycles. The Labute approximate surface area is 114 Å². The molecule has 0 radical (unpaired) electrons. The fourth-order valence-corrected chi connectivity index (χ4v) is 2.68. The van der Waals surface area contributed by atoms with E-state index in [1.165, 1.54) is 0 Å². The molecule has 7 heteroatoms. The summed E-state index contributed by atoms with van der Waals surface area (Å²) >= 11 is 1.60. The van der Waals surface area contributed by atoms with Crippen molar-refractivity contribution in [2.45, 2.75) is 12.5 Å². The van der Waals surface area contributed by atoms with Crippen molar-refractivity contribution < 1.29 is 14.3 Å².